The highest BCUT2D eigenvalue weighted by Crippen LogP contribution is 2.36. The van der Waals surface area contributed by atoms with Gasteiger partial charge in [-0.15, -0.1) is 0 Å². The molecule has 0 unspecified atom stereocenters. The summed E-state index contributed by atoms with van der Waals surface area (Å²) in [5.74, 6) is -0.268. The molecular formula is C30H36ClN3O6S. The van der Waals surface area contributed by atoms with Crippen molar-refractivity contribution in [3.8, 4) is 11.5 Å². The van der Waals surface area contributed by atoms with Crippen molar-refractivity contribution >= 4 is 39.1 Å². The minimum absolute atomic E-state index is 0.00495. The van der Waals surface area contributed by atoms with Crippen LogP contribution in [0.5, 0.6) is 11.5 Å². The molecule has 220 valence electrons. The van der Waals surface area contributed by atoms with E-state index in [-0.39, 0.29) is 28.8 Å². The molecule has 3 aromatic rings. The van der Waals surface area contributed by atoms with Crippen LogP contribution < -0.4 is 19.1 Å². The molecule has 0 fully saturated rings. The number of carbonyl (C=O) groups excluding carboxylic acids is 2. The van der Waals surface area contributed by atoms with Crippen molar-refractivity contribution in [3.63, 3.8) is 0 Å². The number of nitrogens with zero attached hydrogens (tertiary/aromatic N) is 2. The number of hydrogen-bond donors (Lipinski definition) is 1. The highest BCUT2D eigenvalue weighted by Gasteiger charge is 2.35. The lowest BCUT2D eigenvalue weighted by Gasteiger charge is -2.33. The molecule has 3 aromatic carbocycles. The van der Waals surface area contributed by atoms with Crippen LogP contribution in [0.25, 0.3) is 0 Å². The van der Waals surface area contributed by atoms with E-state index in [4.69, 9.17) is 21.1 Å². The lowest BCUT2D eigenvalue weighted by molar-refractivity contribution is -0.140. The molecule has 0 saturated heterocycles. The Morgan fingerprint density at radius 1 is 0.951 bits per heavy atom. The summed E-state index contributed by atoms with van der Waals surface area (Å²) >= 11 is 6.07. The van der Waals surface area contributed by atoms with Gasteiger partial charge in [0, 0.05) is 24.2 Å². The zero-order valence-corrected chi connectivity index (χ0v) is 25.2. The van der Waals surface area contributed by atoms with Gasteiger partial charge in [-0.2, -0.15) is 0 Å². The fourth-order valence-corrected chi connectivity index (χ4v) is 5.86. The number of nitrogens with one attached hydrogen (secondary N) is 1. The fraction of sp³-hybridized carbons (Fsp3) is 0.333. The summed E-state index contributed by atoms with van der Waals surface area (Å²) in [4.78, 5) is 28.7. The van der Waals surface area contributed by atoms with Crippen molar-refractivity contribution in [2.75, 3.05) is 31.6 Å². The van der Waals surface area contributed by atoms with Crippen LogP contribution in [0.3, 0.4) is 0 Å². The zero-order chi connectivity index (χ0) is 30.0. The Labute approximate surface area is 247 Å². The fourth-order valence-electron chi connectivity index (χ4n) is 4.30. The van der Waals surface area contributed by atoms with Gasteiger partial charge in [-0.1, -0.05) is 55.8 Å². The summed E-state index contributed by atoms with van der Waals surface area (Å²) in [5.41, 5.74) is 0.861. The monoisotopic (exact) mass is 601 g/mol. The van der Waals surface area contributed by atoms with Crippen molar-refractivity contribution in [1.82, 2.24) is 10.2 Å². The quantitative estimate of drug-likeness (QED) is 0.282. The Hall–Kier alpha value is -3.76. The molecule has 0 radical (unpaired) electrons. The predicted molar refractivity (Wildman–Crippen MR) is 160 cm³/mol. The predicted octanol–water partition coefficient (Wildman–Crippen LogP) is 4.89. The number of anilines is 1. The lowest BCUT2D eigenvalue weighted by Crippen LogP contribution is -2.52. The van der Waals surface area contributed by atoms with E-state index < -0.39 is 28.5 Å². The summed E-state index contributed by atoms with van der Waals surface area (Å²) in [7, 11) is -1.38. The Bertz CT molecular complexity index is 1420. The van der Waals surface area contributed by atoms with E-state index >= 15 is 0 Å². The standard InChI is InChI=1S/C30H36ClN3O6S/c1-5-18-32-30(36)26(6-2)33(20-22-12-14-23(31)15-13-22)29(35)21-34(41(37,38)25-10-8-7-9-11-25)27-19-24(39-3)16-17-28(27)40-4/h7-17,19,26H,5-6,18,20-21H2,1-4H3,(H,32,36)/t26-/m1/s1. The van der Waals surface area contributed by atoms with E-state index in [0.29, 0.717) is 23.7 Å². The van der Waals surface area contributed by atoms with Gasteiger partial charge in [-0.25, -0.2) is 8.42 Å². The summed E-state index contributed by atoms with van der Waals surface area (Å²) in [6, 6.07) is 18.6. The molecule has 41 heavy (non-hydrogen) atoms. The molecule has 0 bridgehead atoms. The van der Waals surface area contributed by atoms with Crippen molar-refractivity contribution in [2.45, 2.75) is 44.2 Å². The topological polar surface area (TPSA) is 105 Å². The van der Waals surface area contributed by atoms with Gasteiger partial charge in [0.1, 0.15) is 24.1 Å². The summed E-state index contributed by atoms with van der Waals surface area (Å²) in [5, 5.41) is 3.40. The average Bonchev–Trinajstić information content (AvgIpc) is 2.99. The van der Waals surface area contributed by atoms with Crippen LogP contribution >= 0.6 is 11.6 Å². The molecule has 0 spiro atoms. The summed E-state index contributed by atoms with van der Waals surface area (Å²) < 4.78 is 39.9. The second kappa shape index (κ2) is 14.7. The van der Waals surface area contributed by atoms with Crippen molar-refractivity contribution in [2.24, 2.45) is 0 Å². The number of ether oxygens (including phenoxy) is 2. The Morgan fingerprint density at radius 3 is 2.22 bits per heavy atom. The number of carbonyl (C=O) groups is 2. The first kappa shape index (κ1) is 31.8. The van der Waals surface area contributed by atoms with Crippen LogP contribution in [0, 0.1) is 0 Å². The third-order valence-electron chi connectivity index (χ3n) is 6.47. The number of amides is 2. The van der Waals surface area contributed by atoms with Gasteiger partial charge >= 0.3 is 0 Å². The molecule has 1 N–H and O–H groups in total. The molecule has 3 rings (SSSR count). The van der Waals surface area contributed by atoms with E-state index in [1.165, 1.54) is 37.3 Å². The maximum atomic E-state index is 14.2. The lowest BCUT2D eigenvalue weighted by atomic mass is 10.1. The van der Waals surface area contributed by atoms with E-state index in [1.807, 2.05) is 13.8 Å². The molecule has 9 nitrogen and oxygen atoms in total. The molecule has 2 amide bonds. The molecule has 0 aromatic heterocycles. The molecule has 0 aliphatic rings. The van der Waals surface area contributed by atoms with Crippen LogP contribution in [0.2, 0.25) is 5.02 Å². The third kappa shape index (κ3) is 7.92. The maximum Gasteiger partial charge on any atom is 0.264 e. The van der Waals surface area contributed by atoms with Crippen LogP contribution in [0.15, 0.2) is 77.7 Å². The minimum Gasteiger partial charge on any atom is -0.497 e. The largest absolute Gasteiger partial charge is 0.497 e. The number of hydrogen-bond acceptors (Lipinski definition) is 6. The Balaban J connectivity index is 2.12. The van der Waals surface area contributed by atoms with Crippen LogP contribution in [-0.2, 0) is 26.2 Å². The van der Waals surface area contributed by atoms with Crippen molar-refractivity contribution in [1.29, 1.82) is 0 Å². The van der Waals surface area contributed by atoms with Crippen molar-refractivity contribution in [3.05, 3.63) is 83.4 Å². The van der Waals surface area contributed by atoms with E-state index in [1.54, 1.807) is 54.6 Å². The van der Waals surface area contributed by atoms with Gasteiger partial charge in [0.25, 0.3) is 10.0 Å². The zero-order valence-electron chi connectivity index (χ0n) is 23.7. The van der Waals surface area contributed by atoms with Gasteiger partial charge in [0.15, 0.2) is 0 Å². The van der Waals surface area contributed by atoms with E-state index in [2.05, 4.69) is 5.32 Å². The highest BCUT2D eigenvalue weighted by atomic mass is 35.5. The number of benzene rings is 3. The number of sulfonamides is 1. The van der Waals surface area contributed by atoms with E-state index in [9.17, 15) is 18.0 Å². The molecule has 11 heteroatoms. The first-order chi connectivity index (χ1) is 19.7. The molecule has 0 aliphatic heterocycles. The second-order valence-corrected chi connectivity index (χ2v) is 11.5. The smallest absolute Gasteiger partial charge is 0.264 e. The first-order valence-corrected chi connectivity index (χ1v) is 15.1. The van der Waals surface area contributed by atoms with Gasteiger partial charge in [-0.05, 0) is 54.8 Å². The number of methoxy groups -OCH3 is 2. The Morgan fingerprint density at radius 2 is 1.63 bits per heavy atom. The number of rotatable bonds is 14. The minimum atomic E-state index is -4.25. The molecule has 0 heterocycles. The van der Waals surface area contributed by atoms with Crippen LogP contribution in [-0.4, -0.2) is 58.5 Å². The summed E-state index contributed by atoms with van der Waals surface area (Å²) in [6.45, 7) is 3.68. The Kier molecular flexibility index (Phi) is 11.4. The number of halogens is 1. The molecule has 0 saturated carbocycles. The van der Waals surface area contributed by atoms with Gasteiger partial charge in [-0.3, -0.25) is 13.9 Å². The summed E-state index contributed by atoms with van der Waals surface area (Å²) in [6.07, 6.45) is 1.05. The van der Waals surface area contributed by atoms with Gasteiger partial charge in [0.2, 0.25) is 11.8 Å². The average molecular weight is 602 g/mol. The van der Waals surface area contributed by atoms with E-state index in [0.717, 1.165) is 16.3 Å². The second-order valence-electron chi connectivity index (χ2n) is 9.23. The van der Waals surface area contributed by atoms with Crippen LogP contribution in [0.4, 0.5) is 5.69 Å². The van der Waals surface area contributed by atoms with Gasteiger partial charge in [0.05, 0.1) is 24.8 Å². The highest BCUT2D eigenvalue weighted by molar-refractivity contribution is 7.92. The molecular weight excluding hydrogens is 566 g/mol. The van der Waals surface area contributed by atoms with Crippen LogP contribution in [0.1, 0.15) is 32.3 Å². The van der Waals surface area contributed by atoms with Gasteiger partial charge < -0.3 is 19.7 Å². The molecule has 1 atom stereocenters. The normalized spacial score (nSPS) is 11.8. The maximum absolute atomic E-state index is 14.2. The third-order valence-corrected chi connectivity index (χ3v) is 8.49. The van der Waals surface area contributed by atoms with Crippen molar-refractivity contribution < 1.29 is 27.5 Å². The molecule has 0 aliphatic carbocycles. The first-order valence-electron chi connectivity index (χ1n) is 13.3. The SMILES string of the molecule is CCCNC(=O)[C@@H](CC)N(Cc1ccc(Cl)cc1)C(=O)CN(c1cc(OC)ccc1OC)S(=O)(=O)c1ccccc1.